The number of aromatic hydroxyl groups is 1. The molecule has 2 atom stereocenters. The van der Waals surface area contributed by atoms with Gasteiger partial charge in [-0.15, -0.1) is 0 Å². The molecule has 0 aromatic heterocycles. The molecular weight excluding hydrogens is 336 g/mol. The molecule has 0 saturated carbocycles. The van der Waals surface area contributed by atoms with Crippen molar-refractivity contribution < 1.29 is 14.6 Å². The van der Waals surface area contributed by atoms with Crippen molar-refractivity contribution >= 4 is 5.97 Å². The number of rotatable bonds is 7. The van der Waals surface area contributed by atoms with Gasteiger partial charge in [-0.05, 0) is 66.2 Å². The van der Waals surface area contributed by atoms with Crippen molar-refractivity contribution in [2.45, 2.75) is 93.4 Å². The van der Waals surface area contributed by atoms with Crippen LogP contribution < -0.4 is 0 Å². The van der Waals surface area contributed by atoms with Gasteiger partial charge in [0.25, 0.3) is 0 Å². The zero-order valence-electron chi connectivity index (χ0n) is 19.1. The van der Waals surface area contributed by atoms with E-state index in [1.54, 1.807) is 0 Å². The second-order valence-electron chi connectivity index (χ2n) is 10.0. The normalized spacial score (nSPS) is 14.7. The molecule has 1 N–H and O–H groups in total. The molecule has 27 heavy (non-hydrogen) atoms. The zero-order chi connectivity index (χ0) is 21.2. The Morgan fingerprint density at radius 3 is 2.15 bits per heavy atom. The van der Waals surface area contributed by atoms with Crippen molar-refractivity contribution in [2.75, 3.05) is 6.61 Å². The van der Waals surface area contributed by atoms with E-state index in [9.17, 15) is 9.90 Å². The average molecular weight is 377 g/mol. The Kier molecular flexibility index (Phi) is 7.55. The molecule has 0 aliphatic rings. The molecule has 1 aromatic carbocycles. The lowest BCUT2D eigenvalue weighted by molar-refractivity contribution is -0.146. The Balaban J connectivity index is 2.97. The van der Waals surface area contributed by atoms with E-state index in [0.717, 1.165) is 35.1 Å². The van der Waals surface area contributed by atoms with Crippen LogP contribution in [0.1, 0.15) is 96.4 Å². The van der Waals surface area contributed by atoms with Crippen LogP contribution in [0, 0.1) is 25.2 Å². The first-order valence-corrected chi connectivity index (χ1v) is 10.2. The number of phenols is 1. The molecule has 0 aliphatic heterocycles. The summed E-state index contributed by atoms with van der Waals surface area (Å²) in [4.78, 5) is 12.7. The number of ether oxygens (including phenoxy) is 1. The number of esters is 1. The maximum atomic E-state index is 12.7. The maximum absolute atomic E-state index is 12.7. The minimum atomic E-state index is -0.350. The first-order chi connectivity index (χ1) is 12.2. The number of carbonyl (C=O) groups excluding carboxylic acids is 1. The quantitative estimate of drug-likeness (QED) is 0.559. The summed E-state index contributed by atoms with van der Waals surface area (Å²) in [6.07, 6.45) is 2.15. The van der Waals surface area contributed by atoms with Gasteiger partial charge in [-0.3, -0.25) is 4.79 Å². The summed E-state index contributed by atoms with van der Waals surface area (Å²) in [5.41, 5.74) is 3.70. The van der Waals surface area contributed by atoms with E-state index >= 15 is 0 Å². The molecule has 0 aliphatic carbocycles. The number of hydrogen-bond acceptors (Lipinski definition) is 3. The van der Waals surface area contributed by atoms with Crippen LogP contribution in [0.25, 0.3) is 0 Å². The van der Waals surface area contributed by atoms with Crippen LogP contribution in [0.4, 0.5) is 0 Å². The van der Waals surface area contributed by atoms with Crippen LogP contribution in [-0.4, -0.2) is 17.7 Å². The second kappa shape index (κ2) is 8.67. The van der Waals surface area contributed by atoms with E-state index in [1.807, 2.05) is 26.8 Å². The van der Waals surface area contributed by atoms with E-state index in [0.29, 0.717) is 18.3 Å². The van der Waals surface area contributed by atoms with E-state index in [1.165, 1.54) is 0 Å². The minimum Gasteiger partial charge on any atom is -0.507 e. The van der Waals surface area contributed by atoms with Crippen molar-refractivity contribution in [1.82, 2.24) is 0 Å². The van der Waals surface area contributed by atoms with E-state index in [4.69, 9.17) is 4.74 Å². The molecule has 3 nitrogen and oxygen atoms in total. The Morgan fingerprint density at radius 1 is 1.11 bits per heavy atom. The van der Waals surface area contributed by atoms with E-state index in [-0.39, 0.29) is 22.7 Å². The van der Waals surface area contributed by atoms with Gasteiger partial charge in [-0.2, -0.15) is 0 Å². The predicted octanol–water partition coefficient (Wildman–Crippen LogP) is 6.42. The first-order valence-electron chi connectivity index (χ1n) is 10.2. The smallest absolute Gasteiger partial charge is 0.313 e. The molecule has 1 aromatic rings. The van der Waals surface area contributed by atoms with Crippen molar-refractivity contribution in [1.29, 1.82) is 0 Å². The lowest BCUT2D eigenvalue weighted by Crippen LogP contribution is -2.22. The number of benzene rings is 1. The topological polar surface area (TPSA) is 46.5 Å². The third kappa shape index (κ3) is 5.99. The van der Waals surface area contributed by atoms with Gasteiger partial charge >= 0.3 is 5.97 Å². The van der Waals surface area contributed by atoms with Crippen LogP contribution in [0.3, 0.4) is 0 Å². The molecule has 0 amide bonds. The summed E-state index contributed by atoms with van der Waals surface area (Å²) in [7, 11) is 0. The summed E-state index contributed by atoms with van der Waals surface area (Å²) in [6, 6.07) is 1.98. The summed E-state index contributed by atoms with van der Waals surface area (Å²) in [5, 5.41) is 10.6. The van der Waals surface area contributed by atoms with Gasteiger partial charge in [0.05, 0.1) is 12.5 Å². The SMILES string of the molecule is CCC(C)(C)CC(C)COC(=O)C(C)c1cc(C(C)(C)C)c(O)c(C)c1C. The van der Waals surface area contributed by atoms with Crippen molar-refractivity contribution in [3.8, 4) is 5.75 Å². The molecule has 154 valence electrons. The molecule has 0 fully saturated rings. The maximum Gasteiger partial charge on any atom is 0.313 e. The lowest BCUT2D eigenvalue weighted by Gasteiger charge is -2.27. The predicted molar refractivity (Wildman–Crippen MR) is 114 cm³/mol. The summed E-state index contributed by atoms with van der Waals surface area (Å²) in [6.45, 7) is 21.3. The Labute approximate surface area is 166 Å². The molecule has 0 spiro atoms. The van der Waals surface area contributed by atoms with Crippen LogP contribution in [-0.2, 0) is 14.9 Å². The Morgan fingerprint density at radius 2 is 1.67 bits per heavy atom. The number of hydrogen-bond donors (Lipinski definition) is 1. The lowest BCUT2D eigenvalue weighted by atomic mass is 9.80. The zero-order valence-corrected chi connectivity index (χ0v) is 19.1. The number of carbonyl (C=O) groups is 1. The van der Waals surface area contributed by atoms with Crippen molar-refractivity contribution in [3.05, 3.63) is 28.3 Å². The highest BCUT2D eigenvalue weighted by atomic mass is 16.5. The third-order valence-electron chi connectivity index (χ3n) is 5.90. The highest BCUT2D eigenvalue weighted by Crippen LogP contribution is 2.38. The number of phenolic OH excluding ortho intramolecular Hbond substituents is 1. The fourth-order valence-electron chi connectivity index (χ4n) is 3.57. The van der Waals surface area contributed by atoms with Crippen LogP contribution >= 0.6 is 0 Å². The molecule has 0 heterocycles. The van der Waals surface area contributed by atoms with Gasteiger partial charge < -0.3 is 9.84 Å². The second-order valence-corrected chi connectivity index (χ2v) is 10.0. The fourth-order valence-corrected chi connectivity index (χ4v) is 3.57. The monoisotopic (exact) mass is 376 g/mol. The van der Waals surface area contributed by atoms with Crippen molar-refractivity contribution in [3.63, 3.8) is 0 Å². The largest absolute Gasteiger partial charge is 0.507 e. The highest BCUT2D eigenvalue weighted by molar-refractivity contribution is 5.79. The van der Waals surface area contributed by atoms with Gasteiger partial charge in [-0.25, -0.2) is 0 Å². The molecule has 1 rings (SSSR count). The van der Waals surface area contributed by atoms with Crippen LogP contribution in [0.2, 0.25) is 0 Å². The minimum absolute atomic E-state index is 0.191. The van der Waals surface area contributed by atoms with Crippen molar-refractivity contribution in [2.24, 2.45) is 11.3 Å². The highest BCUT2D eigenvalue weighted by Gasteiger charge is 2.27. The van der Waals surface area contributed by atoms with Gasteiger partial charge in [0.15, 0.2) is 0 Å². The van der Waals surface area contributed by atoms with E-state index in [2.05, 4.69) is 48.5 Å². The third-order valence-corrected chi connectivity index (χ3v) is 5.90. The molecular formula is C24H40O3. The molecule has 0 radical (unpaired) electrons. The van der Waals surface area contributed by atoms with Gasteiger partial charge in [-0.1, -0.05) is 61.0 Å². The van der Waals surface area contributed by atoms with Crippen LogP contribution in [0.15, 0.2) is 6.07 Å². The summed E-state index contributed by atoms with van der Waals surface area (Å²) >= 11 is 0. The Bertz CT molecular complexity index is 665. The standard InChI is InChI=1S/C24H40O3/c1-11-24(9,10)13-15(2)14-27-22(26)18(5)19-12-20(23(6,7)8)21(25)17(4)16(19)3/h12,15,18,25H,11,13-14H2,1-10H3. The fraction of sp³-hybridized carbons (Fsp3) is 0.708. The van der Waals surface area contributed by atoms with Gasteiger partial charge in [0.1, 0.15) is 5.75 Å². The molecule has 3 heteroatoms. The summed E-state index contributed by atoms with van der Waals surface area (Å²) < 4.78 is 5.66. The molecule has 2 unspecified atom stereocenters. The van der Waals surface area contributed by atoms with Gasteiger partial charge in [0, 0.05) is 0 Å². The molecule has 0 saturated heterocycles. The summed E-state index contributed by atoms with van der Waals surface area (Å²) in [5.74, 6) is 0.129. The average Bonchev–Trinajstić information content (AvgIpc) is 2.55. The first kappa shape index (κ1) is 23.5. The van der Waals surface area contributed by atoms with E-state index < -0.39 is 0 Å². The van der Waals surface area contributed by atoms with Crippen LogP contribution in [0.5, 0.6) is 5.75 Å². The molecule has 0 bridgehead atoms. The van der Waals surface area contributed by atoms with Gasteiger partial charge in [0.2, 0.25) is 0 Å². The Hall–Kier alpha value is -1.51.